The van der Waals surface area contributed by atoms with Crippen molar-refractivity contribution >= 4 is 34.8 Å². The van der Waals surface area contributed by atoms with Crippen molar-refractivity contribution in [2.45, 2.75) is 31.6 Å². The summed E-state index contributed by atoms with van der Waals surface area (Å²) < 4.78 is 0. The Labute approximate surface area is 135 Å². The van der Waals surface area contributed by atoms with Crippen LogP contribution in [-0.4, -0.2) is 0 Å². The van der Waals surface area contributed by atoms with Crippen LogP contribution in [0.2, 0.25) is 10.0 Å². The molecule has 0 saturated carbocycles. The molecule has 0 aromatic heterocycles. The summed E-state index contributed by atoms with van der Waals surface area (Å²) in [5, 5.41) is 0.776. The average molecular weight is 328 g/mol. The Morgan fingerprint density at radius 1 is 0.950 bits per heavy atom. The Kier molecular flexibility index (Phi) is 5.37. The molecule has 2 atom stereocenters. The number of benzene rings is 2. The summed E-state index contributed by atoms with van der Waals surface area (Å²) in [5.41, 5.74) is 3.21. The highest BCUT2D eigenvalue weighted by molar-refractivity contribution is 6.43. The maximum Gasteiger partial charge on any atom is 0.0850 e. The van der Waals surface area contributed by atoms with Gasteiger partial charge in [0.15, 0.2) is 0 Å². The first-order valence-electron chi connectivity index (χ1n) is 6.72. The summed E-state index contributed by atoms with van der Waals surface area (Å²) in [5.74, 6) is 0.563. The zero-order valence-corrected chi connectivity index (χ0v) is 13.8. The molecule has 0 N–H and O–H groups in total. The molecular formula is C17H17Cl3. The van der Waals surface area contributed by atoms with Gasteiger partial charge in [-0.3, -0.25) is 0 Å². The Hall–Kier alpha value is -0.690. The molecule has 2 unspecified atom stereocenters. The molecule has 0 fully saturated rings. The molecule has 0 bridgehead atoms. The molecule has 0 amide bonds. The third-order valence-electron chi connectivity index (χ3n) is 3.67. The minimum absolute atomic E-state index is 0.285. The predicted octanol–water partition coefficient (Wildman–Crippen LogP) is 6.84. The van der Waals surface area contributed by atoms with Crippen LogP contribution in [0.3, 0.4) is 0 Å². The highest BCUT2D eigenvalue weighted by Crippen LogP contribution is 2.37. The van der Waals surface area contributed by atoms with Crippen LogP contribution in [0.25, 0.3) is 0 Å². The molecule has 20 heavy (non-hydrogen) atoms. The maximum absolute atomic E-state index is 6.53. The normalized spacial score (nSPS) is 14.1. The van der Waals surface area contributed by atoms with Crippen molar-refractivity contribution in [3.8, 4) is 0 Å². The maximum atomic E-state index is 6.53. The second-order valence-corrected chi connectivity index (χ2v) is 6.20. The topological polar surface area (TPSA) is 0 Å². The second-order valence-electron chi connectivity index (χ2n) is 4.98. The Bertz CT molecular complexity index is 575. The molecule has 0 aliphatic heterocycles. The fourth-order valence-electron chi connectivity index (χ4n) is 2.12. The van der Waals surface area contributed by atoms with E-state index < -0.39 is 0 Å². The van der Waals surface area contributed by atoms with Gasteiger partial charge in [-0.2, -0.15) is 0 Å². The van der Waals surface area contributed by atoms with Crippen LogP contribution < -0.4 is 0 Å². The highest BCUT2D eigenvalue weighted by atomic mass is 35.5. The largest absolute Gasteiger partial charge is 0.113 e. The molecule has 0 radical (unpaired) electrons. The highest BCUT2D eigenvalue weighted by Gasteiger charge is 2.16. The molecule has 3 heteroatoms. The first-order chi connectivity index (χ1) is 9.54. The Morgan fingerprint density at radius 3 is 2.15 bits per heavy atom. The van der Waals surface area contributed by atoms with E-state index >= 15 is 0 Å². The molecule has 0 spiro atoms. The van der Waals surface area contributed by atoms with E-state index in [0.29, 0.717) is 16.0 Å². The monoisotopic (exact) mass is 326 g/mol. The molecule has 0 aliphatic rings. The van der Waals surface area contributed by atoms with Gasteiger partial charge in [0.1, 0.15) is 0 Å². The Morgan fingerprint density at radius 2 is 1.55 bits per heavy atom. The molecule has 0 aliphatic carbocycles. The fraction of sp³-hybridized carbons (Fsp3) is 0.294. The van der Waals surface area contributed by atoms with E-state index in [-0.39, 0.29) is 5.38 Å². The summed E-state index contributed by atoms with van der Waals surface area (Å²) in [7, 11) is 0. The summed E-state index contributed by atoms with van der Waals surface area (Å²) >= 11 is 18.8. The van der Waals surface area contributed by atoms with Gasteiger partial charge in [0.2, 0.25) is 0 Å². The van der Waals surface area contributed by atoms with Crippen molar-refractivity contribution in [1.29, 1.82) is 0 Å². The SMILES string of the molecule is CCC(C)c1ccc(C(Cl)c2cccc(Cl)c2Cl)cc1. The minimum Gasteiger partial charge on any atom is -0.113 e. The lowest BCUT2D eigenvalue weighted by molar-refractivity contribution is 0.733. The van der Waals surface area contributed by atoms with Crippen LogP contribution in [-0.2, 0) is 0 Å². The number of hydrogen-bond donors (Lipinski definition) is 0. The summed E-state index contributed by atoms with van der Waals surface area (Å²) in [6.07, 6.45) is 1.13. The minimum atomic E-state index is -0.285. The second kappa shape index (κ2) is 6.85. The van der Waals surface area contributed by atoms with Gasteiger partial charge in [-0.05, 0) is 35.1 Å². The number of alkyl halides is 1. The van der Waals surface area contributed by atoms with Gasteiger partial charge in [0, 0.05) is 0 Å². The molecule has 2 aromatic rings. The van der Waals surface area contributed by atoms with E-state index in [1.807, 2.05) is 12.1 Å². The molecule has 0 nitrogen and oxygen atoms in total. The molecule has 0 heterocycles. The van der Waals surface area contributed by atoms with Crippen LogP contribution in [0.15, 0.2) is 42.5 Å². The first-order valence-corrected chi connectivity index (χ1v) is 7.91. The van der Waals surface area contributed by atoms with Gasteiger partial charge in [-0.15, -0.1) is 11.6 Å². The van der Waals surface area contributed by atoms with Gasteiger partial charge < -0.3 is 0 Å². The van der Waals surface area contributed by atoms with Crippen molar-refractivity contribution in [2.75, 3.05) is 0 Å². The van der Waals surface area contributed by atoms with Gasteiger partial charge in [-0.25, -0.2) is 0 Å². The van der Waals surface area contributed by atoms with Crippen LogP contribution in [0.1, 0.15) is 48.3 Å². The predicted molar refractivity (Wildman–Crippen MR) is 89.3 cm³/mol. The van der Waals surface area contributed by atoms with E-state index in [1.165, 1.54) is 5.56 Å². The van der Waals surface area contributed by atoms with Crippen LogP contribution >= 0.6 is 34.8 Å². The fourth-order valence-corrected chi connectivity index (χ4v) is 2.93. The van der Waals surface area contributed by atoms with Crippen molar-refractivity contribution in [2.24, 2.45) is 0 Å². The smallest absolute Gasteiger partial charge is 0.0850 e. The van der Waals surface area contributed by atoms with E-state index in [2.05, 4.69) is 38.1 Å². The summed E-state index contributed by atoms with van der Waals surface area (Å²) in [6.45, 7) is 4.41. The van der Waals surface area contributed by atoms with E-state index in [0.717, 1.165) is 17.5 Å². The Balaban J connectivity index is 2.29. The molecule has 106 valence electrons. The van der Waals surface area contributed by atoms with Gasteiger partial charge in [0.05, 0.1) is 15.4 Å². The number of hydrogen-bond acceptors (Lipinski definition) is 0. The number of rotatable bonds is 4. The summed E-state index contributed by atoms with van der Waals surface area (Å²) in [4.78, 5) is 0. The van der Waals surface area contributed by atoms with Crippen molar-refractivity contribution < 1.29 is 0 Å². The lowest BCUT2D eigenvalue weighted by Gasteiger charge is -2.15. The lowest BCUT2D eigenvalue weighted by Crippen LogP contribution is -1.97. The standard InChI is InChI=1S/C17H17Cl3/c1-3-11(2)12-7-9-13(10-8-12)16(19)14-5-4-6-15(18)17(14)20/h4-11,16H,3H2,1-2H3. The van der Waals surface area contributed by atoms with Crippen molar-refractivity contribution in [3.63, 3.8) is 0 Å². The van der Waals surface area contributed by atoms with Crippen molar-refractivity contribution in [1.82, 2.24) is 0 Å². The average Bonchev–Trinajstić information content (AvgIpc) is 2.48. The zero-order valence-electron chi connectivity index (χ0n) is 11.5. The number of halogens is 3. The third-order valence-corrected chi connectivity index (χ3v) is 4.99. The van der Waals surface area contributed by atoms with Gasteiger partial charge in [0.25, 0.3) is 0 Å². The molecular weight excluding hydrogens is 311 g/mol. The van der Waals surface area contributed by atoms with Crippen LogP contribution in [0.4, 0.5) is 0 Å². The van der Waals surface area contributed by atoms with E-state index in [4.69, 9.17) is 34.8 Å². The lowest BCUT2D eigenvalue weighted by atomic mass is 9.96. The van der Waals surface area contributed by atoms with E-state index in [1.54, 1.807) is 6.07 Å². The van der Waals surface area contributed by atoms with Crippen molar-refractivity contribution in [3.05, 3.63) is 69.2 Å². The quantitative estimate of drug-likeness (QED) is 0.539. The van der Waals surface area contributed by atoms with E-state index in [9.17, 15) is 0 Å². The first kappa shape index (κ1) is 15.7. The van der Waals surface area contributed by atoms with Gasteiger partial charge in [-0.1, -0.05) is 73.4 Å². The third kappa shape index (κ3) is 3.31. The summed E-state index contributed by atoms with van der Waals surface area (Å²) in [6, 6.07) is 13.9. The molecule has 2 aromatic carbocycles. The van der Waals surface area contributed by atoms with Crippen LogP contribution in [0.5, 0.6) is 0 Å². The van der Waals surface area contributed by atoms with Gasteiger partial charge >= 0.3 is 0 Å². The van der Waals surface area contributed by atoms with Crippen LogP contribution in [0, 0.1) is 0 Å². The molecule has 2 rings (SSSR count). The zero-order chi connectivity index (χ0) is 14.7. The molecule has 0 saturated heterocycles.